The van der Waals surface area contributed by atoms with E-state index in [9.17, 15) is 0 Å². The van der Waals surface area contributed by atoms with Gasteiger partial charge in [0.1, 0.15) is 11.5 Å². The van der Waals surface area contributed by atoms with Crippen LogP contribution in [0.4, 0.5) is 0 Å². The Morgan fingerprint density at radius 1 is 0.231 bits per heavy atom. The minimum absolute atomic E-state index is 0.402. The smallest absolute Gasteiger partial charge is 0.140 e. The molecule has 11 aromatic rings. The summed E-state index contributed by atoms with van der Waals surface area (Å²) in [6.07, 6.45) is 0. The van der Waals surface area contributed by atoms with Gasteiger partial charge in [-0.3, -0.25) is 0 Å². The van der Waals surface area contributed by atoms with Crippen molar-refractivity contribution in [2.75, 3.05) is 0 Å². The predicted octanol–water partition coefficient (Wildman–Crippen LogP) is 16.1. The van der Waals surface area contributed by atoms with Gasteiger partial charge in [0, 0.05) is 16.5 Å². The number of para-hydroxylation sites is 1. The Hall–Kier alpha value is -8.26. The lowest BCUT2D eigenvalue weighted by atomic mass is 9.65. The third-order valence-electron chi connectivity index (χ3n) is 15.4. The number of benzene rings is 11. The van der Waals surface area contributed by atoms with Gasteiger partial charge in [-0.2, -0.15) is 0 Å². The van der Waals surface area contributed by atoms with Crippen molar-refractivity contribution in [3.63, 3.8) is 0 Å². The highest BCUT2D eigenvalue weighted by Crippen LogP contribution is 2.65. The van der Waals surface area contributed by atoms with E-state index >= 15 is 0 Å². The highest BCUT2D eigenvalue weighted by Gasteiger charge is 2.53. The minimum Gasteiger partial charge on any atom is -0.456 e. The van der Waals surface area contributed by atoms with E-state index in [0.29, 0.717) is 0 Å². The van der Waals surface area contributed by atoms with E-state index < -0.39 is 10.8 Å². The standard InChI is InChI=1S/C64H38O/c1-2-18-42-41(17-1)40(39-33-34-50-49-24-9-12-28-55(49)63(59(50)37-39)53-26-10-5-20-45(53)46-21-6-11-27-54(46)63)35-36-44(42)52-38-60-62(51-25-4-3-19-43(51)52)65-61-32-16-15-31-58(61)64(60)56-29-13-7-22-47(56)48-23-8-14-30-57(48)64/h1-38H. The topological polar surface area (TPSA) is 9.23 Å². The van der Waals surface area contributed by atoms with Crippen LogP contribution < -0.4 is 4.74 Å². The van der Waals surface area contributed by atoms with Crippen LogP contribution in [-0.2, 0) is 10.8 Å². The largest absolute Gasteiger partial charge is 0.456 e. The van der Waals surface area contributed by atoms with Crippen molar-refractivity contribution in [2.45, 2.75) is 10.8 Å². The number of hydrogen-bond acceptors (Lipinski definition) is 1. The molecule has 15 rings (SSSR count). The van der Waals surface area contributed by atoms with Crippen molar-refractivity contribution in [1.29, 1.82) is 0 Å². The summed E-state index contributed by atoms with van der Waals surface area (Å²) in [5.41, 5.74) is 22.1. The monoisotopic (exact) mass is 822 g/mol. The van der Waals surface area contributed by atoms with E-state index in [0.717, 1.165) is 16.9 Å². The summed E-state index contributed by atoms with van der Waals surface area (Å²) < 4.78 is 7.11. The molecule has 3 aliphatic carbocycles. The van der Waals surface area contributed by atoms with Gasteiger partial charge in [0.05, 0.1) is 10.8 Å². The van der Waals surface area contributed by atoms with Crippen LogP contribution >= 0.6 is 0 Å². The van der Waals surface area contributed by atoms with Crippen molar-refractivity contribution in [1.82, 2.24) is 0 Å². The van der Waals surface area contributed by atoms with E-state index in [4.69, 9.17) is 4.74 Å². The molecular formula is C64H38O. The summed E-state index contributed by atoms with van der Waals surface area (Å²) in [5, 5.41) is 4.75. The Morgan fingerprint density at radius 2 is 0.600 bits per heavy atom. The quantitative estimate of drug-likeness (QED) is 0.169. The van der Waals surface area contributed by atoms with Crippen LogP contribution in [0, 0.1) is 0 Å². The van der Waals surface area contributed by atoms with Crippen LogP contribution in [0.3, 0.4) is 0 Å². The summed E-state index contributed by atoms with van der Waals surface area (Å²) in [4.78, 5) is 0. The second-order valence-corrected chi connectivity index (χ2v) is 18.1. The van der Waals surface area contributed by atoms with E-state index in [1.165, 1.54) is 116 Å². The third kappa shape index (κ3) is 4.29. The second kappa shape index (κ2) is 12.7. The number of ether oxygens (including phenoxy) is 1. The highest BCUT2D eigenvalue weighted by molar-refractivity contribution is 6.12. The maximum Gasteiger partial charge on any atom is 0.140 e. The van der Waals surface area contributed by atoms with Crippen LogP contribution in [0.15, 0.2) is 231 Å². The molecule has 11 aromatic carbocycles. The average molecular weight is 823 g/mol. The molecule has 1 heterocycles. The summed E-state index contributed by atoms with van der Waals surface area (Å²) in [6, 6.07) is 86.2. The van der Waals surface area contributed by atoms with Gasteiger partial charge in [0.2, 0.25) is 0 Å². The first-order valence-electron chi connectivity index (χ1n) is 22.8. The molecule has 2 spiro atoms. The zero-order valence-corrected chi connectivity index (χ0v) is 35.3. The van der Waals surface area contributed by atoms with Gasteiger partial charge < -0.3 is 4.74 Å². The van der Waals surface area contributed by atoms with Gasteiger partial charge in [0.15, 0.2) is 0 Å². The maximum atomic E-state index is 7.11. The Bertz CT molecular complexity index is 3780. The molecule has 300 valence electrons. The fourth-order valence-electron chi connectivity index (χ4n) is 12.9. The van der Waals surface area contributed by atoms with Crippen LogP contribution in [0.1, 0.15) is 44.5 Å². The zero-order chi connectivity index (χ0) is 42.4. The summed E-state index contributed by atoms with van der Waals surface area (Å²) in [6.45, 7) is 0. The fraction of sp³-hybridized carbons (Fsp3) is 0.0312. The van der Waals surface area contributed by atoms with Crippen molar-refractivity contribution >= 4 is 21.5 Å². The molecule has 0 radical (unpaired) electrons. The van der Waals surface area contributed by atoms with Gasteiger partial charge in [-0.25, -0.2) is 0 Å². The molecule has 0 fully saturated rings. The van der Waals surface area contributed by atoms with Gasteiger partial charge in [-0.1, -0.05) is 212 Å². The zero-order valence-electron chi connectivity index (χ0n) is 35.3. The lowest BCUT2D eigenvalue weighted by molar-refractivity contribution is 0.442. The second-order valence-electron chi connectivity index (χ2n) is 18.1. The van der Waals surface area contributed by atoms with E-state index in [-0.39, 0.29) is 0 Å². The maximum absolute atomic E-state index is 7.11. The Kier molecular flexibility index (Phi) is 6.88. The first-order chi connectivity index (χ1) is 32.3. The molecule has 1 nitrogen and oxygen atoms in total. The molecule has 0 atom stereocenters. The lowest BCUT2D eigenvalue weighted by Gasteiger charge is -2.40. The SMILES string of the molecule is c1ccc2c(c1)Oc1c(cc(-c3ccc(-c4ccc5c(c4)C4(c6ccccc6-c6ccccc64)c4ccccc4-5)c4ccccc34)c3ccccc13)C21c2ccccc2-c2ccccc21. The van der Waals surface area contributed by atoms with Crippen molar-refractivity contribution in [3.8, 4) is 67.1 Å². The van der Waals surface area contributed by atoms with Gasteiger partial charge >= 0.3 is 0 Å². The molecule has 0 N–H and O–H groups in total. The van der Waals surface area contributed by atoms with Crippen LogP contribution in [0.5, 0.6) is 11.5 Å². The Labute approximate surface area is 377 Å². The summed E-state index contributed by atoms with van der Waals surface area (Å²) >= 11 is 0. The minimum atomic E-state index is -0.568. The highest BCUT2D eigenvalue weighted by atomic mass is 16.5. The molecule has 0 unspecified atom stereocenters. The van der Waals surface area contributed by atoms with E-state index in [1.807, 2.05) is 0 Å². The van der Waals surface area contributed by atoms with Crippen molar-refractivity contribution in [2.24, 2.45) is 0 Å². The first-order valence-corrected chi connectivity index (χ1v) is 22.8. The molecule has 0 saturated carbocycles. The molecule has 0 amide bonds. The van der Waals surface area contributed by atoms with Crippen molar-refractivity contribution in [3.05, 3.63) is 275 Å². The predicted molar refractivity (Wildman–Crippen MR) is 266 cm³/mol. The lowest BCUT2D eigenvalue weighted by Crippen LogP contribution is -2.32. The average Bonchev–Trinajstić information content (AvgIpc) is 3.96. The third-order valence-corrected chi connectivity index (χ3v) is 15.4. The summed E-state index contributed by atoms with van der Waals surface area (Å²) in [7, 11) is 0. The van der Waals surface area contributed by atoms with Crippen LogP contribution in [0.25, 0.3) is 77.2 Å². The van der Waals surface area contributed by atoms with Gasteiger partial charge in [-0.05, 0) is 123 Å². The van der Waals surface area contributed by atoms with Gasteiger partial charge in [-0.15, -0.1) is 0 Å². The molecule has 0 bridgehead atoms. The van der Waals surface area contributed by atoms with E-state index in [2.05, 4.69) is 231 Å². The van der Waals surface area contributed by atoms with Crippen LogP contribution in [-0.4, -0.2) is 0 Å². The number of fused-ring (bicyclic) bond motifs is 22. The molecule has 1 aliphatic heterocycles. The normalized spacial score (nSPS) is 14.5. The molecular weight excluding hydrogens is 785 g/mol. The van der Waals surface area contributed by atoms with Gasteiger partial charge in [0.25, 0.3) is 0 Å². The fourth-order valence-corrected chi connectivity index (χ4v) is 12.9. The molecule has 0 aromatic heterocycles. The number of rotatable bonds is 2. The molecule has 65 heavy (non-hydrogen) atoms. The molecule has 1 heteroatoms. The summed E-state index contributed by atoms with van der Waals surface area (Å²) in [5.74, 6) is 1.83. The van der Waals surface area contributed by atoms with Crippen molar-refractivity contribution < 1.29 is 4.74 Å². The first kappa shape index (κ1) is 35.2. The molecule has 4 aliphatic rings. The Morgan fingerprint density at radius 3 is 1.14 bits per heavy atom. The number of hydrogen-bond donors (Lipinski definition) is 0. The Balaban J connectivity index is 0.980. The van der Waals surface area contributed by atoms with Crippen LogP contribution in [0.2, 0.25) is 0 Å². The molecule has 0 saturated heterocycles. The van der Waals surface area contributed by atoms with E-state index in [1.54, 1.807) is 0 Å².